The molecule has 0 aromatic carbocycles. The Morgan fingerprint density at radius 3 is 2.17 bits per heavy atom. The molecule has 0 aromatic rings. The fourth-order valence-electron chi connectivity index (χ4n) is 1.05. The van der Waals surface area contributed by atoms with Gasteiger partial charge in [-0.1, -0.05) is 13.8 Å². The molecule has 0 rings (SSSR count). The molecule has 0 radical (unpaired) electrons. The van der Waals surface area contributed by atoms with E-state index in [4.69, 9.17) is 5.26 Å². The van der Waals surface area contributed by atoms with Crippen molar-refractivity contribution >= 4 is 0 Å². The fraction of sp³-hybridized carbons (Fsp3) is 0.889. The first-order valence-corrected chi connectivity index (χ1v) is 4.52. The Morgan fingerprint density at radius 1 is 1.17 bits per heavy atom. The summed E-state index contributed by atoms with van der Waals surface area (Å²) in [5.74, 6) is 0. The van der Waals surface area contributed by atoms with Gasteiger partial charge >= 0.3 is 0 Å². The number of nitrogens with zero attached hydrogens (tertiary/aromatic N) is 3. The average molecular weight is 169 g/mol. The molecule has 0 atom stereocenters. The first-order valence-electron chi connectivity index (χ1n) is 4.52. The Labute approximate surface area is 75.6 Å². The van der Waals surface area contributed by atoms with Crippen molar-refractivity contribution in [1.29, 1.82) is 5.26 Å². The summed E-state index contributed by atoms with van der Waals surface area (Å²) in [5, 5.41) is 8.41. The van der Waals surface area contributed by atoms with Crippen LogP contribution in [-0.4, -0.2) is 49.6 Å². The lowest BCUT2D eigenvalue weighted by Gasteiger charge is -2.21. The van der Waals surface area contributed by atoms with Crippen molar-refractivity contribution in [3.63, 3.8) is 0 Å². The van der Waals surface area contributed by atoms with Crippen LogP contribution in [0.1, 0.15) is 13.8 Å². The second-order valence-electron chi connectivity index (χ2n) is 2.92. The molecule has 12 heavy (non-hydrogen) atoms. The summed E-state index contributed by atoms with van der Waals surface area (Å²) in [6.45, 7) is 9.08. The van der Waals surface area contributed by atoms with E-state index in [2.05, 4.69) is 24.8 Å². The molecule has 0 aromatic heterocycles. The van der Waals surface area contributed by atoms with E-state index < -0.39 is 0 Å². The highest BCUT2D eigenvalue weighted by Crippen LogP contribution is 1.88. The summed E-state index contributed by atoms with van der Waals surface area (Å²) in [4.78, 5) is 4.40. The third kappa shape index (κ3) is 5.11. The third-order valence-corrected chi connectivity index (χ3v) is 2.03. The lowest BCUT2D eigenvalue weighted by Crippen LogP contribution is -2.33. The highest BCUT2D eigenvalue weighted by atomic mass is 15.2. The number of nitriles is 1. The Balaban J connectivity index is 3.45. The standard InChI is InChI=1S/C9H19N3/c1-4-12(5-2)9-8-11(3)7-6-10/h4-5,7-9H2,1-3H3. The molecule has 0 fully saturated rings. The fourth-order valence-corrected chi connectivity index (χ4v) is 1.05. The molecule has 0 aliphatic carbocycles. The topological polar surface area (TPSA) is 30.3 Å². The quantitative estimate of drug-likeness (QED) is 0.551. The lowest BCUT2D eigenvalue weighted by molar-refractivity contribution is 0.253. The molecule has 0 aliphatic heterocycles. The van der Waals surface area contributed by atoms with Crippen LogP contribution in [0.4, 0.5) is 0 Å². The van der Waals surface area contributed by atoms with Crippen molar-refractivity contribution < 1.29 is 0 Å². The average Bonchev–Trinajstić information content (AvgIpc) is 2.07. The van der Waals surface area contributed by atoms with Gasteiger partial charge in [0.15, 0.2) is 0 Å². The van der Waals surface area contributed by atoms with E-state index in [1.54, 1.807) is 0 Å². The Morgan fingerprint density at radius 2 is 1.75 bits per heavy atom. The van der Waals surface area contributed by atoms with Gasteiger partial charge in [-0.05, 0) is 20.1 Å². The van der Waals surface area contributed by atoms with E-state index in [9.17, 15) is 0 Å². The zero-order chi connectivity index (χ0) is 9.40. The molecular weight excluding hydrogens is 150 g/mol. The van der Waals surface area contributed by atoms with Gasteiger partial charge in [0, 0.05) is 13.1 Å². The molecule has 70 valence electrons. The van der Waals surface area contributed by atoms with Gasteiger partial charge in [-0.3, -0.25) is 4.90 Å². The highest BCUT2D eigenvalue weighted by Gasteiger charge is 2.00. The van der Waals surface area contributed by atoms with E-state index in [0.29, 0.717) is 6.54 Å². The van der Waals surface area contributed by atoms with Crippen LogP contribution in [0, 0.1) is 11.3 Å². The second-order valence-corrected chi connectivity index (χ2v) is 2.92. The van der Waals surface area contributed by atoms with Crippen molar-refractivity contribution in [2.75, 3.05) is 39.8 Å². The number of rotatable bonds is 6. The predicted molar refractivity (Wildman–Crippen MR) is 50.9 cm³/mol. The maximum Gasteiger partial charge on any atom is 0.0863 e. The van der Waals surface area contributed by atoms with Crippen LogP contribution < -0.4 is 0 Å². The van der Waals surface area contributed by atoms with Gasteiger partial charge in [-0.2, -0.15) is 5.26 Å². The van der Waals surface area contributed by atoms with Crippen molar-refractivity contribution in [2.45, 2.75) is 13.8 Å². The van der Waals surface area contributed by atoms with Crippen molar-refractivity contribution in [1.82, 2.24) is 9.80 Å². The molecule has 0 saturated heterocycles. The summed E-state index contributed by atoms with van der Waals surface area (Å²) in [6.07, 6.45) is 0. The van der Waals surface area contributed by atoms with Gasteiger partial charge in [-0.15, -0.1) is 0 Å². The smallest absolute Gasteiger partial charge is 0.0863 e. The molecule has 0 spiro atoms. The molecule has 0 heterocycles. The minimum Gasteiger partial charge on any atom is -0.303 e. The molecular formula is C9H19N3. The van der Waals surface area contributed by atoms with Crippen molar-refractivity contribution in [2.24, 2.45) is 0 Å². The molecule has 3 heteroatoms. The van der Waals surface area contributed by atoms with E-state index in [0.717, 1.165) is 26.2 Å². The molecule has 0 unspecified atom stereocenters. The monoisotopic (exact) mass is 169 g/mol. The molecule has 3 nitrogen and oxygen atoms in total. The van der Waals surface area contributed by atoms with Gasteiger partial charge in [0.05, 0.1) is 12.6 Å². The maximum atomic E-state index is 8.41. The highest BCUT2D eigenvalue weighted by molar-refractivity contribution is 4.74. The minimum atomic E-state index is 0.529. The second kappa shape index (κ2) is 7.08. The summed E-state index contributed by atoms with van der Waals surface area (Å²) >= 11 is 0. The first-order chi connectivity index (χ1) is 5.74. The molecule has 0 aliphatic rings. The molecule has 0 amide bonds. The van der Waals surface area contributed by atoms with Crippen molar-refractivity contribution in [3.8, 4) is 6.07 Å². The van der Waals surface area contributed by atoms with Gasteiger partial charge in [0.2, 0.25) is 0 Å². The third-order valence-electron chi connectivity index (χ3n) is 2.03. The van der Waals surface area contributed by atoms with Gasteiger partial charge in [-0.25, -0.2) is 0 Å². The van der Waals surface area contributed by atoms with Crippen molar-refractivity contribution in [3.05, 3.63) is 0 Å². The predicted octanol–water partition coefficient (Wildman–Crippen LogP) is 0.784. The normalized spacial score (nSPS) is 10.7. The zero-order valence-corrected chi connectivity index (χ0v) is 8.38. The summed E-state index contributed by atoms with van der Waals surface area (Å²) < 4.78 is 0. The summed E-state index contributed by atoms with van der Waals surface area (Å²) in [6, 6.07) is 2.13. The maximum absolute atomic E-state index is 8.41. The van der Waals surface area contributed by atoms with Gasteiger partial charge in [0.25, 0.3) is 0 Å². The van der Waals surface area contributed by atoms with E-state index in [1.807, 2.05) is 11.9 Å². The van der Waals surface area contributed by atoms with E-state index in [1.165, 1.54) is 0 Å². The first kappa shape index (κ1) is 11.4. The number of hydrogen-bond donors (Lipinski definition) is 0. The largest absolute Gasteiger partial charge is 0.303 e. The number of hydrogen-bond acceptors (Lipinski definition) is 3. The van der Waals surface area contributed by atoms with Crippen LogP contribution >= 0.6 is 0 Å². The molecule has 0 bridgehead atoms. The minimum absolute atomic E-state index is 0.529. The molecule has 0 N–H and O–H groups in total. The van der Waals surface area contributed by atoms with Crippen LogP contribution in [0.25, 0.3) is 0 Å². The number of likely N-dealkylation sites (N-methyl/N-ethyl adjacent to an activating group) is 2. The summed E-state index contributed by atoms with van der Waals surface area (Å²) in [7, 11) is 1.98. The van der Waals surface area contributed by atoms with Gasteiger partial charge < -0.3 is 4.90 Å². The van der Waals surface area contributed by atoms with Crippen LogP contribution in [0.3, 0.4) is 0 Å². The lowest BCUT2D eigenvalue weighted by atomic mass is 10.4. The van der Waals surface area contributed by atoms with Crippen LogP contribution in [0.15, 0.2) is 0 Å². The summed E-state index contributed by atoms with van der Waals surface area (Å²) in [5.41, 5.74) is 0. The van der Waals surface area contributed by atoms with Crippen LogP contribution in [-0.2, 0) is 0 Å². The van der Waals surface area contributed by atoms with E-state index in [-0.39, 0.29) is 0 Å². The Bertz CT molecular complexity index is 135. The van der Waals surface area contributed by atoms with Gasteiger partial charge in [0.1, 0.15) is 0 Å². The SMILES string of the molecule is CCN(CC)CCN(C)CC#N. The van der Waals surface area contributed by atoms with E-state index >= 15 is 0 Å². The van der Waals surface area contributed by atoms with Crippen LogP contribution in [0.5, 0.6) is 0 Å². The Hall–Kier alpha value is -0.590. The van der Waals surface area contributed by atoms with Crippen LogP contribution in [0.2, 0.25) is 0 Å². The molecule has 0 saturated carbocycles. The zero-order valence-electron chi connectivity index (χ0n) is 8.38. The Kier molecular flexibility index (Phi) is 6.73.